The Morgan fingerprint density at radius 3 is 2.86 bits per heavy atom. The zero-order chi connectivity index (χ0) is 20.3. The molecule has 0 saturated heterocycles. The van der Waals surface area contributed by atoms with Gasteiger partial charge in [-0.3, -0.25) is 0 Å². The molecule has 0 radical (unpaired) electrons. The van der Waals surface area contributed by atoms with Crippen LogP contribution in [0, 0.1) is 0 Å². The van der Waals surface area contributed by atoms with Crippen molar-refractivity contribution >= 4 is 27.4 Å². The lowest BCUT2D eigenvalue weighted by molar-refractivity contribution is -0.139. The summed E-state index contributed by atoms with van der Waals surface area (Å²) in [6.45, 7) is 1.77. The van der Waals surface area contributed by atoms with Gasteiger partial charge >= 0.3 is 5.97 Å². The molecule has 3 rings (SSSR count). The molecule has 1 aromatic rings. The SMILES string of the molecule is CC1=C(C(=O)OCCCO)C(c2ccccc2Cl)C2=C(COCCS2(=O)=O)N1. The summed E-state index contributed by atoms with van der Waals surface area (Å²) in [6, 6.07) is 6.84. The standard InChI is InChI=1S/C19H22ClNO6S/c1-12-16(19(23)27-8-4-7-22)17(13-5-2-3-6-14(13)20)18-15(21-12)11-26-9-10-28(18,24)25/h2-3,5-6,17,21-22H,4,7-11H2,1H3. The van der Waals surface area contributed by atoms with E-state index >= 15 is 0 Å². The maximum absolute atomic E-state index is 13.0. The monoisotopic (exact) mass is 427 g/mol. The van der Waals surface area contributed by atoms with Crippen LogP contribution in [-0.2, 0) is 24.1 Å². The predicted octanol–water partition coefficient (Wildman–Crippen LogP) is 1.88. The first-order valence-electron chi connectivity index (χ1n) is 8.90. The molecule has 0 fully saturated rings. The highest BCUT2D eigenvalue weighted by atomic mass is 35.5. The Labute approximate surface area is 168 Å². The molecule has 0 aromatic heterocycles. The minimum atomic E-state index is -3.70. The minimum Gasteiger partial charge on any atom is -0.462 e. The number of carbonyl (C=O) groups is 1. The molecule has 2 heterocycles. The van der Waals surface area contributed by atoms with Gasteiger partial charge in [0.2, 0.25) is 0 Å². The summed E-state index contributed by atoms with van der Waals surface area (Å²) in [5.41, 5.74) is 1.59. The number of aliphatic hydroxyl groups excluding tert-OH is 1. The number of allylic oxidation sites excluding steroid dienone is 2. The van der Waals surface area contributed by atoms with E-state index in [1.165, 1.54) is 0 Å². The molecule has 2 N–H and O–H groups in total. The highest BCUT2D eigenvalue weighted by molar-refractivity contribution is 7.95. The average Bonchev–Trinajstić information content (AvgIpc) is 2.79. The molecule has 0 bridgehead atoms. The van der Waals surface area contributed by atoms with Crippen LogP contribution >= 0.6 is 11.6 Å². The lowest BCUT2D eigenvalue weighted by atomic mass is 9.86. The fourth-order valence-corrected chi connectivity index (χ4v) is 5.28. The summed E-state index contributed by atoms with van der Waals surface area (Å²) >= 11 is 6.39. The molecule has 2 aliphatic heterocycles. The summed E-state index contributed by atoms with van der Waals surface area (Å²) in [5.74, 6) is -1.71. The van der Waals surface area contributed by atoms with E-state index in [0.717, 1.165) is 0 Å². The summed E-state index contributed by atoms with van der Waals surface area (Å²) in [5, 5.41) is 12.3. The van der Waals surface area contributed by atoms with Crippen molar-refractivity contribution in [2.75, 3.05) is 32.2 Å². The van der Waals surface area contributed by atoms with Crippen molar-refractivity contribution in [2.24, 2.45) is 0 Å². The Kier molecular flexibility index (Phi) is 6.44. The van der Waals surface area contributed by atoms with Crippen LogP contribution in [0.25, 0.3) is 0 Å². The predicted molar refractivity (Wildman–Crippen MR) is 104 cm³/mol. The summed E-state index contributed by atoms with van der Waals surface area (Å²) in [4.78, 5) is 13.0. The topological polar surface area (TPSA) is 102 Å². The Bertz CT molecular complexity index is 937. The summed E-state index contributed by atoms with van der Waals surface area (Å²) < 4.78 is 36.8. The molecule has 1 atom stereocenters. The fraction of sp³-hybridized carbons (Fsp3) is 0.421. The average molecular weight is 428 g/mol. The van der Waals surface area contributed by atoms with Crippen LogP contribution < -0.4 is 5.32 Å². The molecule has 152 valence electrons. The van der Waals surface area contributed by atoms with Crippen molar-refractivity contribution in [3.63, 3.8) is 0 Å². The third-order valence-electron chi connectivity index (χ3n) is 4.64. The van der Waals surface area contributed by atoms with Gasteiger partial charge in [-0.05, 0) is 18.6 Å². The second kappa shape index (κ2) is 8.65. The van der Waals surface area contributed by atoms with E-state index in [4.69, 9.17) is 26.2 Å². The number of hydrogen-bond acceptors (Lipinski definition) is 7. The first-order chi connectivity index (χ1) is 13.4. The van der Waals surface area contributed by atoms with E-state index in [1.807, 2.05) is 0 Å². The number of esters is 1. The van der Waals surface area contributed by atoms with E-state index in [1.54, 1.807) is 31.2 Å². The van der Waals surface area contributed by atoms with Crippen LogP contribution in [0.5, 0.6) is 0 Å². The number of rotatable bonds is 5. The highest BCUT2D eigenvalue weighted by Crippen LogP contribution is 2.44. The molecule has 28 heavy (non-hydrogen) atoms. The molecule has 1 aromatic carbocycles. The smallest absolute Gasteiger partial charge is 0.336 e. The van der Waals surface area contributed by atoms with Crippen LogP contribution in [0.1, 0.15) is 24.8 Å². The van der Waals surface area contributed by atoms with Crippen molar-refractivity contribution in [1.82, 2.24) is 5.32 Å². The van der Waals surface area contributed by atoms with Crippen molar-refractivity contribution in [1.29, 1.82) is 0 Å². The number of nitrogens with one attached hydrogen (secondary N) is 1. The third-order valence-corrected chi connectivity index (χ3v) is 6.84. The quantitative estimate of drug-likeness (QED) is 0.546. The number of halogens is 1. The van der Waals surface area contributed by atoms with Crippen molar-refractivity contribution in [3.05, 3.63) is 56.7 Å². The normalized spacial score (nSPS) is 21.6. The summed E-state index contributed by atoms with van der Waals surface area (Å²) in [6.07, 6.45) is 0.294. The Morgan fingerprint density at radius 1 is 1.39 bits per heavy atom. The number of dihydropyridines is 1. The van der Waals surface area contributed by atoms with Crippen LogP contribution in [0.2, 0.25) is 5.02 Å². The first kappa shape index (κ1) is 20.9. The van der Waals surface area contributed by atoms with E-state index in [2.05, 4.69) is 5.32 Å². The zero-order valence-electron chi connectivity index (χ0n) is 15.4. The number of carbonyl (C=O) groups excluding carboxylic acids is 1. The Morgan fingerprint density at radius 2 is 2.14 bits per heavy atom. The lowest BCUT2D eigenvalue weighted by Crippen LogP contribution is -2.33. The summed E-state index contributed by atoms with van der Waals surface area (Å²) in [7, 11) is -3.70. The van der Waals surface area contributed by atoms with Gasteiger partial charge in [0.15, 0.2) is 9.84 Å². The zero-order valence-corrected chi connectivity index (χ0v) is 17.0. The van der Waals surface area contributed by atoms with Crippen molar-refractivity contribution < 1.29 is 27.8 Å². The van der Waals surface area contributed by atoms with Crippen LogP contribution in [0.15, 0.2) is 46.1 Å². The van der Waals surface area contributed by atoms with E-state index in [9.17, 15) is 13.2 Å². The van der Waals surface area contributed by atoms with Crippen LogP contribution in [0.4, 0.5) is 0 Å². The molecule has 0 saturated carbocycles. The molecule has 1 unspecified atom stereocenters. The number of benzene rings is 1. The molecule has 9 heteroatoms. The number of aliphatic hydroxyl groups is 1. The van der Waals surface area contributed by atoms with Gasteiger partial charge in [0, 0.05) is 23.7 Å². The molecule has 0 spiro atoms. The van der Waals surface area contributed by atoms with Crippen LogP contribution in [-0.4, -0.2) is 51.7 Å². The van der Waals surface area contributed by atoms with Crippen molar-refractivity contribution in [2.45, 2.75) is 19.3 Å². The maximum atomic E-state index is 13.0. The Balaban J connectivity index is 2.16. The van der Waals surface area contributed by atoms with Gasteiger partial charge in [-0.25, -0.2) is 13.2 Å². The second-order valence-corrected chi connectivity index (χ2v) is 9.03. The van der Waals surface area contributed by atoms with E-state index in [-0.39, 0.29) is 42.7 Å². The van der Waals surface area contributed by atoms with Gasteiger partial charge in [0.05, 0.1) is 47.7 Å². The van der Waals surface area contributed by atoms with Crippen molar-refractivity contribution in [3.8, 4) is 0 Å². The Hall–Kier alpha value is -1.87. The van der Waals surface area contributed by atoms with Gasteiger partial charge in [0.1, 0.15) is 0 Å². The van der Waals surface area contributed by atoms with Gasteiger partial charge in [-0.15, -0.1) is 0 Å². The largest absolute Gasteiger partial charge is 0.462 e. The second-order valence-electron chi connectivity index (χ2n) is 6.55. The fourth-order valence-electron chi connectivity index (χ4n) is 3.39. The molecule has 2 aliphatic rings. The lowest BCUT2D eigenvalue weighted by Gasteiger charge is -2.31. The minimum absolute atomic E-state index is 0.0309. The van der Waals surface area contributed by atoms with E-state index in [0.29, 0.717) is 28.4 Å². The van der Waals surface area contributed by atoms with Gasteiger partial charge in [-0.2, -0.15) is 0 Å². The highest BCUT2D eigenvalue weighted by Gasteiger charge is 2.42. The van der Waals surface area contributed by atoms with Crippen LogP contribution in [0.3, 0.4) is 0 Å². The van der Waals surface area contributed by atoms with Gasteiger partial charge in [-0.1, -0.05) is 29.8 Å². The van der Waals surface area contributed by atoms with Gasteiger partial charge in [0.25, 0.3) is 0 Å². The number of hydrogen-bond donors (Lipinski definition) is 2. The molecule has 0 aliphatic carbocycles. The molecule has 7 nitrogen and oxygen atoms in total. The molecular formula is C19H22ClNO6S. The van der Waals surface area contributed by atoms with E-state index < -0.39 is 21.7 Å². The number of sulfone groups is 1. The van der Waals surface area contributed by atoms with Gasteiger partial charge < -0.3 is 19.9 Å². The third kappa shape index (κ3) is 4.10. The molecular weight excluding hydrogens is 406 g/mol. The maximum Gasteiger partial charge on any atom is 0.336 e. The number of ether oxygens (including phenoxy) is 2. The first-order valence-corrected chi connectivity index (χ1v) is 10.9. The molecule has 0 amide bonds.